The van der Waals surface area contributed by atoms with Gasteiger partial charge in [-0.2, -0.15) is 13.2 Å². The zero-order chi connectivity index (χ0) is 21.8. The number of aromatic nitrogens is 4. The van der Waals surface area contributed by atoms with Gasteiger partial charge in [-0.05, 0) is 29.8 Å². The molecule has 2 aromatic carbocycles. The lowest BCUT2D eigenvalue weighted by atomic mass is 9.75. The van der Waals surface area contributed by atoms with Gasteiger partial charge in [-0.3, -0.25) is 0 Å². The van der Waals surface area contributed by atoms with Gasteiger partial charge in [0, 0.05) is 28.9 Å². The maximum absolute atomic E-state index is 13.5. The summed E-state index contributed by atoms with van der Waals surface area (Å²) in [6.45, 7) is 1.03. The van der Waals surface area contributed by atoms with Crippen molar-refractivity contribution in [3.63, 3.8) is 0 Å². The molecule has 160 valence electrons. The molecule has 0 unspecified atom stereocenters. The van der Waals surface area contributed by atoms with Crippen LogP contribution in [0.25, 0.3) is 22.6 Å². The van der Waals surface area contributed by atoms with Gasteiger partial charge in [-0.15, -0.1) is 10.2 Å². The molecule has 0 spiro atoms. The van der Waals surface area contributed by atoms with Gasteiger partial charge in [0.15, 0.2) is 5.58 Å². The molecule has 0 N–H and O–H groups in total. The van der Waals surface area contributed by atoms with Crippen LogP contribution in [0.3, 0.4) is 0 Å². The van der Waals surface area contributed by atoms with Crippen LogP contribution in [0.2, 0.25) is 0 Å². The first-order chi connectivity index (χ1) is 14.7. The Balaban J connectivity index is 1.56. The van der Waals surface area contributed by atoms with Gasteiger partial charge in [0.25, 0.3) is 0 Å². The van der Waals surface area contributed by atoms with Crippen LogP contribution >= 0.6 is 15.9 Å². The summed E-state index contributed by atoms with van der Waals surface area (Å²) in [4.78, 5) is 4.32. The molecular weight excluding hydrogens is 477 g/mol. The molecule has 10 heteroatoms. The summed E-state index contributed by atoms with van der Waals surface area (Å²) in [5.74, 6) is 0.963. The van der Waals surface area contributed by atoms with Gasteiger partial charge < -0.3 is 13.7 Å². The van der Waals surface area contributed by atoms with Crippen LogP contribution in [0.1, 0.15) is 17.0 Å². The molecular formula is C21H16BrF3N4O2. The van der Waals surface area contributed by atoms with Crippen LogP contribution in [0.5, 0.6) is 0 Å². The lowest BCUT2D eigenvalue weighted by molar-refractivity contribution is -0.136. The number of halogens is 4. The minimum atomic E-state index is -4.55. The van der Waals surface area contributed by atoms with E-state index in [1.807, 2.05) is 29.8 Å². The second-order valence-corrected chi connectivity index (χ2v) is 8.62. The number of rotatable bonds is 4. The predicted molar refractivity (Wildman–Crippen MR) is 109 cm³/mol. The highest BCUT2D eigenvalue weighted by atomic mass is 79.9. The van der Waals surface area contributed by atoms with Crippen molar-refractivity contribution in [1.82, 2.24) is 19.7 Å². The van der Waals surface area contributed by atoms with E-state index < -0.39 is 11.7 Å². The molecule has 4 aromatic rings. The summed E-state index contributed by atoms with van der Waals surface area (Å²) < 4.78 is 53.6. The first-order valence-corrected chi connectivity index (χ1v) is 10.2. The fourth-order valence-electron chi connectivity index (χ4n) is 3.80. The number of oxazole rings is 1. The van der Waals surface area contributed by atoms with Crippen LogP contribution in [-0.2, 0) is 29.8 Å². The maximum atomic E-state index is 13.5. The van der Waals surface area contributed by atoms with E-state index >= 15 is 0 Å². The lowest BCUT2D eigenvalue weighted by Crippen LogP contribution is -2.49. The lowest BCUT2D eigenvalue weighted by Gasteiger charge is -2.41. The Labute approximate surface area is 183 Å². The van der Waals surface area contributed by atoms with E-state index in [-0.39, 0.29) is 26.9 Å². The van der Waals surface area contributed by atoms with E-state index in [2.05, 4.69) is 31.1 Å². The molecule has 1 aliphatic rings. The first kappa shape index (κ1) is 20.2. The minimum absolute atomic E-state index is 0.134. The van der Waals surface area contributed by atoms with Crippen molar-refractivity contribution in [2.75, 3.05) is 13.2 Å². The van der Waals surface area contributed by atoms with E-state index in [1.54, 1.807) is 12.4 Å². The van der Waals surface area contributed by atoms with Crippen molar-refractivity contribution in [2.24, 2.45) is 7.05 Å². The maximum Gasteiger partial charge on any atom is 0.420 e. The summed E-state index contributed by atoms with van der Waals surface area (Å²) in [6, 6.07) is 9.99. The molecule has 0 amide bonds. The number of fused-ring (bicyclic) bond motifs is 1. The normalized spacial score (nSPS) is 15.9. The van der Waals surface area contributed by atoms with Gasteiger partial charge >= 0.3 is 6.18 Å². The molecule has 2 aromatic heterocycles. The number of ether oxygens (including phenoxy) is 1. The van der Waals surface area contributed by atoms with Crippen LogP contribution in [0, 0.1) is 0 Å². The van der Waals surface area contributed by atoms with Gasteiger partial charge in [0.1, 0.15) is 23.2 Å². The summed E-state index contributed by atoms with van der Waals surface area (Å²) in [6.07, 6.45) is -2.27. The zero-order valence-corrected chi connectivity index (χ0v) is 17.9. The third kappa shape index (κ3) is 3.53. The number of nitrogens with zero attached hydrogens (tertiary/aromatic N) is 4. The van der Waals surface area contributed by atoms with Crippen molar-refractivity contribution < 1.29 is 22.3 Å². The van der Waals surface area contributed by atoms with Crippen molar-refractivity contribution in [3.05, 3.63) is 64.1 Å². The molecule has 0 radical (unpaired) electrons. The Morgan fingerprint density at radius 3 is 2.65 bits per heavy atom. The smallest absolute Gasteiger partial charge is 0.420 e. The van der Waals surface area contributed by atoms with E-state index in [0.717, 1.165) is 17.5 Å². The number of aryl methyl sites for hydroxylation is 1. The third-order valence-corrected chi connectivity index (χ3v) is 6.00. The van der Waals surface area contributed by atoms with Gasteiger partial charge in [0.05, 0.1) is 13.2 Å². The summed E-state index contributed by atoms with van der Waals surface area (Å²) >= 11 is 3.12. The summed E-state index contributed by atoms with van der Waals surface area (Å²) in [5.41, 5.74) is 0.293. The number of hydrogen-bond donors (Lipinski definition) is 0. The topological polar surface area (TPSA) is 66.0 Å². The van der Waals surface area contributed by atoms with E-state index in [0.29, 0.717) is 25.2 Å². The second kappa shape index (κ2) is 7.16. The second-order valence-electron chi connectivity index (χ2n) is 7.71. The van der Waals surface area contributed by atoms with Crippen molar-refractivity contribution in [3.8, 4) is 11.5 Å². The number of hydrogen-bond acceptors (Lipinski definition) is 5. The van der Waals surface area contributed by atoms with Crippen molar-refractivity contribution in [1.29, 1.82) is 0 Å². The Morgan fingerprint density at radius 1 is 1.19 bits per heavy atom. The predicted octanol–water partition coefficient (Wildman–Crippen LogP) is 4.92. The molecule has 0 atom stereocenters. The molecule has 1 aliphatic heterocycles. The largest absolute Gasteiger partial charge is 0.435 e. The monoisotopic (exact) mass is 492 g/mol. The summed E-state index contributed by atoms with van der Waals surface area (Å²) in [5, 5.41) is 8.11. The SMILES string of the molecule is Cn1cnnc1CC1(c2cccc(-c3nc4cc(Br)cc(C(F)(F)F)c4o3)c2)COC1. The average molecular weight is 493 g/mol. The standard InChI is InChI=1S/C21H16BrF3N4O2/c1-29-11-26-28-17(29)8-20(9-30-10-20)13-4-2-3-12(5-13)19-27-16-7-14(22)6-15(18(16)31-19)21(23,24)25/h2-7,11H,8-10H2,1H3. The van der Waals surface area contributed by atoms with Gasteiger partial charge in [-0.1, -0.05) is 28.1 Å². The van der Waals surface area contributed by atoms with Crippen LogP contribution in [0.4, 0.5) is 13.2 Å². The van der Waals surface area contributed by atoms with Crippen LogP contribution in [0.15, 0.2) is 51.6 Å². The highest BCUT2D eigenvalue weighted by molar-refractivity contribution is 9.10. The first-order valence-electron chi connectivity index (χ1n) is 9.44. The molecule has 0 bridgehead atoms. The quantitative estimate of drug-likeness (QED) is 0.404. The molecule has 0 saturated carbocycles. The molecule has 3 heterocycles. The van der Waals surface area contributed by atoms with Crippen LogP contribution < -0.4 is 0 Å². The Morgan fingerprint density at radius 2 is 2.00 bits per heavy atom. The van der Waals surface area contributed by atoms with Gasteiger partial charge in [0.2, 0.25) is 5.89 Å². The highest BCUT2D eigenvalue weighted by Crippen LogP contribution is 2.40. The average Bonchev–Trinajstić information content (AvgIpc) is 3.29. The molecule has 31 heavy (non-hydrogen) atoms. The van der Waals surface area contributed by atoms with E-state index in [9.17, 15) is 13.2 Å². The number of benzene rings is 2. The Hall–Kier alpha value is -2.72. The molecule has 6 nitrogen and oxygen atoms in total. The molecule has 0 aliphatic carbocycles. The van der Waals surface area contributed by atoms with E-state index in [4.69, 9.17) is 9.15 Å². The highest BCUT2D eigenvalue weighted by Gasteiger charge is 2.42. The molecule has 1 saturated heterocycles. The van der Waals surface area contributed by atoms with E-state index in [1.165, 1.54) is 6.07 Å². The van der Waals surface area contributed by atoms with Crippen molar-refractivity contribution >= 4 is 27.0 Å². The zero-order valence-electron chi connectivity index (χ0n) is 16.3. The van der Waals surface area contributed by atoms with Gasteiger partial charge in [-0.25, -0.2) is 4.98 Å². The fraction of sp³-hybridized carbons (Fsp3) is 0.286. The Bertz CT molecular complexity index is 1280. The number of alkyl halides is 3. The fourth-order valence-corrected chi connectivity index (χ4v) is 4.25. The Kier molecular flexibility index (Phi) is 4.67. The van der Waals surface area contributed by atoms with Crippen LogP contribution in [-0.4, -0.2) is 33.0 Å². The molecule has 5 rings (SSSR count). The van der Waals surface area contributed by atoms with Crippen molar-refractivity contribution in [2.45, 2.75) is 18.0 Å². The molecule has 1 fully saturated rings. The minimum Gasteiger partial charge on any atom is -0.435 e. The third-order valence-electron chi connectivity index (χ3n) is 5.54. The summed E-state index contributed by atoms with van der Waals surface area (Å²) in [7, 11) is 1.88.